The van der Waals surface area contributed by atoms with Gasteiger partial charge in [-0.2, -0.15) is 0 Å². The minimum Gasteiger partial charge on any atom is -0.275 e. The third kappa shape index (κ3) is 3.68. The molecule has 0 aliphatic carbocycles. The van der Waals surface area contributed by atoms with E-state index >= 15 is 0 Å². The first-order valence-corrected chi connectivity index (χ1v) is 10.0. The summed E-state index contributed by atoms with van der Waals surface area (Å²) in [5.74, 6) is -0.0571. The fourth-order valence-corrected chi connectivity index (χ4v) is 4.00. The third-order valence-corrected chi connectivity index (χ3v) is 5.48. The molecule has 2 nitrogen and oxygen atoms in total. The summed E-state index contributed by atoms with van der Waals surface area (Å²) in [7, 11) is 0. The Labute approximate surface area is 177 Å². The molecule has 0 spiro atoms. The van der Waals surface area contributed by atoms with E-state index in [2.05, 4.69) is 15.9 Å². The SMILES string of the molecule is Cc1ccc(N2C(=O)C(=Cc3ccc(Cl)cc3)C=C2c2ccccc2)c(Br)c1. The van der Waals surface area contributed by atoms with Gasteiger partial charge in [-0.15, -0.1) is 0 Å². The van der Waals surface area contributed by atoms with E-state index in [4.69, 9.17) is 11.6 Å². The first kappa shape index (κ1) is 18.7. The Balaban J connectivity index is 1.84. The molecule has 28 heavy (non-hydrogen) atoms. The normalized spacial score (nSPS) is 15.2. The summed E-state index contributed by atoms with van der Waals surface area (Å²) in [5, 5.41) is 0.672. The average molecular weight is 451 g/mol. The molecule has 0 bridgehead atoms. The average Bonchev–Trinajstić information content (AvgIpc) is 3.01. The molecule has 1 aliphatic heterocycles. The lowest BCUT2D eigenvalue weighted by atomic mass is 10.1. The van der Waals surface area contributed by atoms with Gasteiger partial charge in [-0.25, -0.2) is 0 Å². The fraction of sp³-hybridized carbons (Fsp3) is 0.0417. The number of amides is 1. The maximum Gasteiger partial charge on any atom is 0.262 e. The van der Waals surface area contributed by atoms with Crippen molar-refractivity contribution in [2.24, 2.45) is 0 Å². The second-order valence-corrected chi connectivity index (χ2v) is 7.93. The van der Waals surface area contributed by atoms with E-state index in [0.717, 1.165) is 32.5 Å². The van der Waals surface area contributed by atoms with Gasteiger partial charge in [-0.05, 0) is 76.0 Å². The highest BCUT2D eigenvalue weighted by atomic mass is 79.9. The van der Waals surface area contributed by atoms with Gasteiger partial charge in [0.2, 0.25) is 0 Å². The van der Waals surface area contributed by atoms with Crippen molar-refractivity contribution in [1.82, 2.24) is 0 Å². The number of halogens is 2. The molecule has 0 atom stereocenters. The van der Waals surface area contributed by atoms with Gasteiger partial charge in [0.15, 0.2) is 0 Å². The zero-order chi connectivity index (χ0) is 19.7. The lowest BCUT2D eigenvalue weighted by Crippen LogP contribution is -2.25. The summed E-state index contributed by atoms with van der Waals surface area (Å²) in [5.41, 5.74) is 5.36. The Morgan fingerprint density at radius 2 is 1.68 bits per heavy atom. The van der Waals surface area contributed by atoms with E-state index in [1.165, 1.54) is 0 Å². The Morgan fingerprint density at radius 3 is 2.36 bits per heavy atom. The minimum absolute atomic E-state index is 0.0571. The molecule has 1 aliphatic rings. The van der Waals surface area contributed by atoms with Gasteiger partial charge in [-0.1, -0.05) is 60.1 Å². The van der Waals surface area contributed by atoms with E-state index in [-0.39, 0.29) is 5.91 Å². The van der Waals surface area contributed by atoms with Gasteiger partial charge in [0.05, 0.1) is 11.4 Å². The summed E-state index contributed by atoms with van der Waals surface area (Å²) >= 11 is 9.60. The molecule has 4 heteroatoms. The van der Waals surface area contributed by atoms with Gasteiger partial charge in [0.25, 0.3) is 5.91 Å². The van der Waals surface area contributed by atoms with Crippen molar-refractivity contribution >= 4 is 50.9 Å². The number of aryl methyl sites for hydroxylation is 1. The highest BCUT2D eigenvalue weighted by Gasteiger charge is 2.31. The molecule has 0 aromatic heterocycles. The van der Waals surface area contributed by atoms with E-state index in [1.54, 1.807) is 4.90 Å². The van der Waals surface area contributed by atoms with Crippen LogP contribution in [0.4, 0.5) is 5.69 Å². The Bertz CT molecular complexity index is 1100. The van der Waals surface area contributed by atoms with Crippen LogP contribution in [-0.4, -0.2) is 5.91 Å². The summed E-state index contributed by atoms with van der Waals surface area (Å²) < 4.78 is 0.885. The summed E-state index contributed by atoms with van der Waals surface area (Å²) in [6, 6.07) is 23.4. The Kier molecular flexibility index (Phi) is 5.21. The number of anilines is 1. The molecule has 3 aromatic rings. The molecular weight excluding hydrogens is 434 g/mol. The van der Waals surface area contributed by atoms with E-state index in [1.807, 2.05) is 91.9 Å². The van der Waals surface area contributed by atoms with Gasteiger partial charge in [0, 0.05) is 15.1 Å². The predicted molar refractivity (Wildman–Crippen MR) is 120 cm³/mol. The van der Waals surface area contributed by atoms with Crippen molar-refractivity contribution in [3.8, 4) is 0 Å². The van der Waals surface area contributed by atoms with Crippen LogP contribution in [0, 0.1) is 6.92 Å². The molecule has 1 heterocycles. The van der Waals surface area contributed by atoms with Gasteiger partial charge in [0.1, 0.15) is 0 Å². The first-order chi connectivity index (χ1) is 13.5. The van der Waals surface area contributed by atoms with Crippen LogP contribution in [0.15, 0.2) is 88.9 Å². The molecule has 0 fully saturated rings. The molecule has 4 rings (SSSR count). The number of benzene rings is 3. The number of carbonyl (C=O) groups is 1. The zero-order valence-electron chi connectivity index (χ0n) is 15.2. The van der Waals surface area contributed by atoms with Crippen LogP contribution in [0.1, 0.15) is 16.7 Å². The van der Waals surface area contributed by atoms with Crippen LogP contribution >= 0.6 is 27.5 Å². The van der Waals surface area contributed by atoms with Gasteiger partial charge < -0.3 is 0 Å². The molecular formula is C24H17BrClNO. The summed E-state index contributed by atoms with van der Waals surface area (Å²) in [6.07, 6.45) is 3.84. The highest BCUT2D eigenvalue weighted by molar-refractivity contribution is 9.10. The van der Waals surface area contributed by atoms with Crippen molar-refractivity contribution in [2.45, 2.75) is 6.92 Å². The molecule has 0 saturated heterocycles. The predicted octanol–water partition coefficient (Wildman–Crippen LogP) is 6.88. The van der Waals surface area contributed by atoms with Crippen LogP contribution in [0.2, 0.25) is 5.02 Å². The molecule has 0 unspecified atom stereocenters. The largest absolute Gasteiger partial charge is 0.275 e. The van der Waals surface area contributed by atoms with Crippen LogP contribution in [0.25, 0.3) is 11.8 Å². The standard InChI is InChI=1S/C24H17BrClNO/c1-16-7-12-22(21(25)13-16)27-23(18-5-3-2-4-6-18)15-19(24(27)28)14-17-8-10-20(26)11-9-17/h2-15H,1H3. The van der Waals surface area contributed by atoms with Crippen LogP contribution in [-0.2, 0) is 4.79 Å². The summed E-state index contributed by atoms with van der Waals surface area (Å²) in [4.78, 5) is 15.1. The van der Waals surface area contributed by atoms with Gasteiger partial charge >= 0.3 is 0 Å². The van der Waals surface area contributed by atoms with Crippen molar-refractivity contribution in [3.63, 3.8) is 0 Å². The monoisotopic (exact) mass is 449 g/mol. The van der Waals surface area contributed by atoms with Crippen LogP contribution in [0.5, 0.6) is 0 Å². The number of hydrogen-bond acceptors (Lipinski definition) is 1. The Hall–Kier alpha value is -2.62. The van der Waals surface area contributed by atoms with E-state index in [0.29, 0.717) is 10.6 Å². The zero-order valence-corrected chi connectivity index (χ0v) is 17.5. The van der Waals surface area contributed by atoms with Crippen LogP contribution in [0.3, 0.4) is 0 Å². The summed E-state index contributed by atoms with van der Waals surface area (Å²) in [6.45, 7) is 2.03. The second kappa shape index (κ2) is 7.78. The van der Waals surface area contributed by atoms with Crippen molar-refractivity contribution < 1.29 is 4.79 Å². The maximum absolute atomic E-state index is 13.4. The van der Waals surface area contributed by atoms with E-state index < -0.39 is 0 Å². The smallest absolute Gasteiger partial charge is 0.262 e. The topological polar surface area (TPSA) is 20.3 Å². The number of rotatable bonds is 3. The Morgan fingerprint density at radius 1 is 0.964 bits per heavy atom. The lowest BCUT2D eigenvalue weighted by Gasteiger charge is -2.22. The number of hydrogen-bond donors (Lipinski definition) is 0. The molecule has 138 valence electrons. The van der Waals surface area contributed by atoms with Gasteiger partial charge in [-0.3, -0.25) is 9.69 Å². The molecule has 0 saturated carbocycles. The third-order valence-electron chi connectivity index (χ3n) is 4.59. The second-order valence-electron chi connectivity index (χ2n) is 6.64. The highest BCUT2D eigenvalue weighted by Crippen LogP contribution is 2.39. The molecule has 3 aromatic carbocycles. The quantitative estimate of drug-likeness (QED) is 0.398. The first-order valence-electron chi connectivity index (χ1n) is 8.88. The number of nitrogens with zero attached hydrogens (tertiary/aromatic N) is 1. The van der Waals surface area contributed by atoms with Crippen molar-refractivity contribution in [2.75, 3.05) is 4.90 Å². The lowest BCUT2D eigenvalue weighted by molar-refractivity contribution is -0.113. The van der Waals surface area contributed by atoms with Crippen molar-refractivity contribution in [3.05, 3.63) is 111 Å². The van der Waals surface area contributed by atoms with E-state index in [9.17, 15) is 4.79 Å². The number of carbonyl (C=O) groups excluding carboxylic acids is 1. The molecule has 0 N–H and O–H groups in total. The molecule has 1 amide bonds. The fourth-order valence-electron chi connectivity index (χ4n) is 3.21. The minimum atomic E-state index is -0.0571. The molecule has 0 radical (unpaired) electrons. The van der Waals surface area contributed by atoms with Crippen molar-refractivity contribution in [1.29, 1.82) is 0 Å². The maximum atomic E-state index is 13.4. The van der Waals surface area contributed by atoms with Crippen LogP contribution < -0.4 is 4.90 Å².